The van der Waals surface area contributed by atoms with Gasteiger partial charge in [0.1, 0.15) is 12.4 Å². The van der Waals surface area contributed by atoms with E-state index in [1.807, 2.05) is 13.8 Å². The third-order valence-electron chi connectivity index (χ3n) is 2.50. The largest absolute Gasteiger partial charge is 0.481 e. The molecular weight excluding hydrogens is 272 g/mol. The summed E-state index contributed by atoms with van der Waals surface area (Å²) >= 11 is 0. The minimum atomic E-state index is -3.76. The first-order chi connectivity index (χ1) is 8.27. The first-order valence-electron chi connectivity index (χ1n) is 5.42. The van der Waals surface area contributed by atoms with Crippen LogP contribution in [0, 0.1) is 19.3 Å². The zero-order valence-electron chi connectivity index (χ0n) is 10.5. The van der Waals surface area contributed by atoms with Crippen LogP contribution in [-0.2, 0) is 9.05 Å². The van der Waals surface area contributed by atoms with Crippen LogP contribution in [0.3, 0.4) is 0 Å². The predicted octanol–water partition coefficient (Wildman–Crippen LogP) is 3.06. The van der Waals surface area contributed by atoms with E-state index in [0.717, 1.165) is 0 Å². The van der Waals surface area contributed by atoms with Gasteiger partial charge in [-0.3, -0.25) is 0 Å². The molecule has 0 aliphatic carbocycles. The summed E-state index contributed by atoms with van der Waals surface area (Å²) in [6.45, 7) is 5.68. The molecule has 0 bridgehead atoms. The van der Waals surface area contributed by atoms with Crippen LogP contribution >= 0.6 is 10.7 Å². The van der Waals surface area contributed by atoms with E-state index < -0.39 is 9.05 Å². The molecule has 0 atom stereocenters. The molecule has 0 spiro atoms. The molecule has 18 heavy (non-hydrogen) atoms. The van der Waals surface area contributed by atoms with Gasteiger partial charge < -0.3 is 4.74 Å². The highest BCUT2D eigenvalue weighted by Crippen LogP contribution is 2.32. The average Bonchev–Trinajstić information content (AvgIpc) is 2.25. The maximum Gasteiger partial charge on any atom is 0.261 e. The minimum Gasteiger partial charge on any atom is -0.481 e. The van der Waals surface area contributed by atoms with E-state index >= 15 is 0 Å². The fourth-order valence-corrected chi connectivity index (χ4v) is 2.91. The summed E-state index contributed by atoms with van der Waals surface area (Å²) < 4.78 is 28.4. The standard InChI is InChI=1S/C13H15ClO3S/c1-5-6-17-12-8-11(9(2)3)13(7-10(12)4)18(14,15)16/h1,7-9H,6H2,2-4H3. The summed E-state index contributed by atoms with van der Waals surface area (Å²) in [6.07, 6.45) is 5.13. The lowest BCUT2D eigenvalue weighted by Crippen LogP contribution is -2.04. The zero-order chi connectivity index (χ0) is 13.9. The third-order valence-corrected chi connectivity index (χ3v) is 3.88. The Morgan fingerprint density at radius 1 is 1.44 bits per heavy atom. The smallest absolute Gasteiger partial charge is 0.261 e. The highest BCUT2D eigenvalue weighted by Gasteiger charge is 2.20. The van der Waals surface area contributed by atoms with Gasteiger partial charge in [-0.2, -0.15) is 0 Å². The fourth-order valence-electron chi connectivity index (χ4n) is 1.61. The van der Waals surface area contributed by atoms with Crippen molar-refractivity contribution in [2.24, 2.45) is 0 Å². The highest BCUT2D eigenvalue weighted by molar-refractivity contribution is 8.13. The monoisotopic (exact) mass is 286 g/mol. The molecule has 0 saturated heterocycles. The first kappa shape index (κ1) is 14.9. The van der Waals surface area contributed by atoms with Crippen molar-refractivity contribution in [2.45, 2.75) is 31.6 Å². The number of ether oxygens (including phenoxy) is 1. The lowest BCUT2D eigenvalue weighted by atomic mass is 10.0. The second-order valence-electron chi connectivity index (χ2n) is 4.24. The van der Waals surface area contributed by atoms with E-state index in [0.29, 0.717) is 16.9 Å². The van der Waals surface area contributed by atoms with E-state index in [2.05, 4.69) is 5.92 Å². The summed E-state index contributed by atoms with van der Waals surface area (Å²) in [7, 11) is 1.67. The molecule has 0 N–H and O–H groups in total. The molecule has 1 aromatic rings. The van der Waals surface area contributed by atoms with Gasteiger partial charge in [0.25, 0.3) is 9.05 Å². The maximum atomic E-state index is 11.5. The fraction of sp³-hybridized carbons (Fsp3) is 0.385. The Morgan fingerprint density at radius 2 is 2.06 bits per heavy atom. The van der Waals surface area contributed by atoms with Gasteiger partial charge in [-0.05, 0) is 36.1 Å². The van der Waals surface area contributed by atoms with Crippen LogP contribution in [-0.4, -0.2) is 15.0 Å². The molecule has 1 rings (SSSR count). The summed E-state index contributed by atoms with van der Waals surface area (Å²) in [5.74, 6) is 2.97. The quantitative estimate of drug-likeness (QED) is 0.631. The Hall–Kier alpha value is -1.18. The van der Waals surface area contributed by atoms with Crippen LogP contribution in [0.25, 0.3) is 0 Å². The Balaban J connectivity index is 3.40. The number of halogens is 1. The zero-order valence-corrected chi connectivity index (χ0v) is 12.1. The molecule has 1 aromatic carbocycles. The lowest BCUT2D eigenvalue weighted by Gasteiger charge is -2.15. The molecular formula is C13H15ClO3S. The van der Waals surface area contributed by atoms with Crippen LogP contribution in [0.15, 0.2) is 17.0 Å². The van der Waals surface area contributed by atoms with Crippen LogP contribution in [0.2, 0.25) is 0 Å². The molecule has 3 nitrogen and oxygen atoms in total. The van der Waals surface area contributed by atoms with Crippen molar-refractivity contribution in [1.82, 2.24) is 0 Å². The highest BCUT2D eigenvalue weighted by atomic mass is 35.7. The Labute approximate surface area is 113 Å². The van der Waals surface area contributed by atoms with Gasteiger partial charge in [-0.15, -0.1) is 6.42 Å². The Kier molecular flexibility index (Phi) is 4.66. The molecule has 0 aliphatic rings. The molecule has 0 unspecified atom stereocenters. The number of rotatable bonds is 4. The molecule has 0 saturated carbocycles. The van der Waals surface area contributed by atoms with E-state index in [9.17, 15) is 8.42 Å². The van der Waals surface area contributed by atoms with Crippen molar-refractivity contribution in [2.75, 3.05) is 6.61 Å². The van der Waals surface area contributed by atoms with Gasteiger partial charge in [0, 0.05) is 10.7 Å². The van der Waals surface area contributed by atoms with E-state index in [1.54, 1.807) is 13.0 Å². The second kappa shape index (κ2) is 5.64. The maximum absolute atomic E-state index is 11.5. The summed E-state index contributed by atoms with van der Waals surface area (Å²) in [6, 6.07) is 3.20. The normalized spacial score (nSPS) is 11.3. The van der Waals surface area contributed by atoms with E-state index in [-0.39, 0.29) is 17.4 Å². The molecule has 0 heterocycles. The second-order valence-corrected chi connectivity index (χ2v) is 6.78. The van der Waals surface area contributed by atoms with Crippen LogP contribution in [0.4, 0.5) is 0 Å². The number of terminal acetylenes is 1. The molecule has 0 aromatic heterocycles. The predicted molar refractivity (Wildman–Crippen MR) is 72.6 cm³/mol. The van der Waals surface area contributed by atoms with Gasteiger partial charge in [0.2, 0.25) is 0 Å². The lowest BCUT2D eigenvalue weighted by molar-refractivity contribution is 0.366. The van der Waals surface area contributed by atoms with Gasteiger partial charge in [-0.1, -0.05) is 19.8 Å². The summed E-state index contributed by atoms with van der Waals surface area (Å²) in [4.78, 5) is 0.129. The van der Waals surface area contributed by atoms with E-state index in [1.165, 1.54) is 6.07 Å². The molecule has 0 fully saturated rings. The summed E-state index contributed by atoms with van der Waals surface area (Å²) in [5.41, 5.74) is 1.32. The SMILES string of the molecule is C#CCOc1cc(C(C)C)c(S(=O)(=O)Cl)cc1C. The van der Waals surface area contributed by atoms with Crippen molar-refractivity contribution < 1.29 is 13.2 Å². The van der Waals surface area contributed by atoms with Gasteiger partial charge in [0.15, 0.2) is 0 Å². The number of hydrogen-bond donors (Lipinski definition) is 0. The van der Waals surface area contributed by atoms with Crippen molar-refractivity contribution in [1.29, 1.82) is 0 Å². The van der Waals surface area contributed by atoms with Gasteiger partial charge >= 0.3 is 0 Å². The van der Waals surface area contributed by atoms with Crippen molar-refractivity contribution in [3.05, 3.63) is 23.3 Å². The molecule has 5 heteroatoms. The summed E-state index contributed by atoms with van der Waals surface area (Å²) in [5, 5.41) is 0. The Bertz CT molecular complexity index is 583. The number of benzene rings is 1. The topological polar surface area (TPSA) is 43.4 Å². The number of aryl methyl sites for hydroxylation is 1. The van der Waals surface area contributed by atoms with Crippen LogP contribution < -0.4 is 4.74 Å². The van der Waals surface area contributed by atoms with Crippen molar-refractivity contribution in [3.8, 4) is 18.1 Å². The average molecular weight is 287 g/mol. The molecule has 0 radical (unpaired) electrons. The van der Waals surface area contributed by atoms with Crippen LogP contribution in [0.5, 0.6) is 5.75 Å². The van der Waals surface area contributed by atoms with Gasteiger partial charge in [0.05, 0.1) is 4.90 Å². The molecule has 0 amide bonds. The Morgan fingerprint density at radius 3 is 2.50 bits per heavy atom. The molecule has 98 valence electrons. The first-order valence-corrected chi connectivity index (χ1v) is 7.73. The van der Waals surface area contributed by atoms with Crippen LogP contribution in [0.1, 0.15) is 30.9 Å². The van der Waals surface area contributed by atoms with E-state index in [4.69, 9.17) is 21.8 Å². The van der Waals surface area contributed by atoms with Crippen molar-refractivity contribution >= 4 is 19.7 Å². The molecule has 0 aliphatic heterocycles. The number of hydrogen-bond acceptors (Lipinski definition) is 3. The van der Waals surface area contributed by atoms with Crippen molar-refractivity contribution in [3.63, 3.8) is 0 Å². The minimum absolute atomic E-state index is 0.0160. The van der Waals surface area contributed by atoms with Gasteiger partial charge in [-0.25, -0.2) is 8.42 Å². The third kappa shape index (κ3) is 3.41.